The standard InChI is InChI=1S/C16H17N5O2/c1-12(20-21-16(23)14-11-17-7-8-18-14)9-15(22)19-10-13-5-3-2-4-6-13/h2-8,11H,9-10H2,1H3,(H,19,22)(H,21,23). The molecule has 1 heterocycles. The monoisotopic (exact) mass is 311 g/mol. The Labute approximate surface area is 133 Å². The summed E-state index contributed by atoms with van der Waals surface area (Å²) in [5.41, 5.74) is 4.02. The minimum absolute atomic E-state index is 0.105. The van der Waals surface area contributed by atoms with Crippen LogP contribution in [-0.4, -0.2) is 27.5 Å². The third-order valence-corrected chi connectivity index (χ3v) is 2.89. The maximum Gasteiger partial charge on any atom is 0.291 e. The Morgan fingerprint density at radius 3 is 2.65 bits per heavy atom. The average molecular weight is 311 g/mol. The number of nitrogens with one attached hydrogen (secondary N) is 2. The summed E-state index contributed by atoms with van der Waals surface area (Å²) in [5, 5.41) is 6.68. The summed E-state index contributed by atoms with van der Waals surface area (Å²) in [4.78, 5) is 31.2. The Hall–Kier alpha value is -3.09. The van der Waals surface area contributed by atoms with Crippen LogP contribution in [0.15, 0.2) is 54.0 Å². The molecule has 1 aromatic heterocycles. The van der Waals surface area contributed by atoms with E-state index in [-0.39, 0.29) is 18.0 Å². The molecule has 0 aliphatic heterocycles. The third-order valence-electron chi connectivity index (χ3n) is 2.89. The fourth-order valence-corrected chi connectivity index (χ4v) is 1.75. The quantitative estimate of drug-likeness (QED) is 0.620. The summed E-state index contributed by atoms with van der Waals surface area (Å²) in [6, 6.07) is 9.61. The fraction of sp³-hybridized carbons (Fsp3) is 0.188. The van der Waals surface area contributed by atoms with Crippen LogP contribution >= 0.6 is 0 Å². The second-order valence-corrected chi connectivity index (χ2v) is 4.82. The van der Waals surface area contributed by atoms with Crippen LogP contribution in [-0.2, 0) is 11.3 Å². The first-order chi connectivity index (χ1) is 11.1. The zero-order chi connectivity index (χ0) is 16.5. The van der Waals surface area contributed by atoms with E-state index in [1.807, 2.05) is 30.3 Å². The number of hydrogen-bond donors (Lipinski definition) is 2. The molecule has 2 N–H and O–H groups in total. The Kier molecular flexibility index (Phi) is 5.93. The van der Waals surface area contributed by atoms with Crippen molar-refractivity contribution in [2.45, 2.75) is 19.9 Å². The van der Waals surface area contributed by atoms with Crippen molar-refractivity contribution in [2.75, 3.05) is 0 Å². The van der Waals surface area contributed by atoms with E-state index in [0.29, 0.717) is 12.3 Å². The summed E-state index contributed by atoms with van der Waals surface area (Å²) in [7, 11) is 0. The number of carbonyl (C=O) groups is 2. The van der Waals surface area contributed by atoms with Gasteiger partial charge in [0.15, 0.2) is 0 Å². The second-order valence-electron chi connectivity index (χ2n) is 4.82. The largest absolute Gasteiger partial charge is 0.352 e. The normalized spacial score (nSPS) is 10.9. The van der Waals surface area contributed by atoms with Crippen LogP contribution in [0.3, 0.4) is 0 Å². The van der Waals surface area contributed by atoms with Crippen molar-refractivity contribution in [3.05, 3.63) is 60.2 Å². The number of hydrazone groups is 1. The van der Waals surface area contributed by atoms with E-state index < -0.39 is 5.91 Å². The minimum Gasteiger partial charge on any atom is -0.352 e. The second kappa shape index (κ2) is 8.38. The van der Waals surface area contributed by atoms with E-state index in [1.165, 1.54) is 18.6 Å². The molecule has 1 aromatic carbocycles. The van der Waals surface area contributed by atoms with Crippen molar-refractivity contribution in [1.82, 2.24) is 20.7 Å². The SMILES string of the molecule is CC(CC(=O)NCc1ccccc1)=NNC(=O)c1cnccn1. The Balaban J connectivity index is 1.78. The van der Waals surface area contributed by atoms with Crippen LogP contribution < -0.4 is 10.7 Å². The lowest BCUT2D eigenvalue weighted by atomic mass is 10.2. The number of hydrogen-bond acceptors (Lipinski definition) is 5. The van der Waals surface area contributed by atoms with Gasteiger partial charge in [-0.25, -0.2) is 10.4 Å². The van der Waals surface area contributed by atoms with Gasteiger partial charge in [0.2, 0.25) is 5.91 Å². The summed E-state index contributed by atoms with van der Waals surface area (Å²) < 4.78 is 0. The molecule has 7 nitrogen and oxygen atoms in total. The highest BCUT2D eigenvalue weighted by molar-refractivity contribution is 6.00. The van der Waals surface area contributed by atoms with Crippen molar-refractivity contribution < 1.29 is 9.59 Å². The Morgan fingerprint density at radius 1 is 1.17 bits per heavy atom. The molecule has 7 heteroatoms. The Morgan fingerprint density at radius 2 is 1.96 bits per heavy atom. The molecule has 0 atom stereocenters. The zero-order valence-corrected chi connectivity index (χ0v) is 12.7. The van der Waals surface area contributed by atoms with Gasteiger partial charge in [-0.15, -0.1) is 0 Å². The van der Waals surface area contributed by atoms with Gasteiger partial charge in [0.1, 0.15) is 5.69 Å². The molecular formula is C16H17N5O2. The molecule has 2 amide bonds. The van der Waals surface area contributed by atoms with Gasteiger partial charge in [0, 0.05) is 24.7 Å². The first kappa shape index (κ1) is 16.3. The molecule has 0 bridgehead atoms. The first-order valence-electron chi connectivity index (χ1n) is 7.05. The average Bonchev–Trinajstić information content (AvgIpc) is 2.59. The van der Waals surface area contributed by atoms with Gasteiger partial charge in [0.25, 0.3) is 5.91 Å². The molecule has 0 saturated heterocycles. The van der Waals surface area contributed by atoms with Crippen molar-refractivity contribution in [1.29, 1.82) is 0 Å². The van der Waals surface area contributed by atoms with Gasteiger partial charge in [0.05, 0.1) is 12.6 Å². The molecule has 23 heavy (non-hydrogen) atoms. The number of amides is 2. The number of carbonyl (C=O) groups excluding carboxylic acids is 2. The first-order valence-corrected chi connectivity index (χ1v) is 7.05. The van der Waals surface area contributed by atoms with Crippen molar-refractivity contribution in [3.63, 3.8) is 0 Å². The van der Waals surface area contributed by atoms with Crippen molar-refractivity contribution in [3.8, 4) is 0 Å². The van der Waals surface area contributed by atoms with E-state index in [1.54, 1.807) is 6.92 Å². The van der Waals surface area contributed by atoms with Gasteiger partial charge in [-0.2, -0.15) is 5.10 Å². The molecule has 0 aliphatic rings. The van der Waals surface area contributed by atoms with Gasteiger partial charge < -0.3 is 5.32 Å². The van der Waals surface area contributed by atoms with E-state index in [4.69, 9.17) is 0 Å². The number of benzene rings is 1. The van der Waals surface area contributed by atoms with Gasteiger partial charge in [-0.05, 0) is 12.5 Å². The van der Waals surface area contributed by atoms with Crippen LogP contribution in [0.2, 0.25) is 0 Å². The maximum absolute atomic E-state index is 11.8. The maximum atomic E-state index is 11.8. The lowest BCUT2D eigenvalue weighted by molar-refractivity contribution is -0.120. The fourth-order valence-electron chi connectivity index (χ4n) is 1.75. The summed E-state index contributed by atoms with van der Waals surface area (Å²) >= 11 is 0. The van der Waals surface area contributed by atoms with E-state index >= 15 is 0 Å². The number of rotatable bonds is 6. The van der Waals surface area contributed by atoms with Gasteiger partial charge in [-0.1, -0.05) is 30.3 Å². The Bertz CT molecular complexity index is 686. The van der Waals surface area contributed by atoms with E-state index in [2.05, 4.69) is 25.8 Å². The topological polar surface area (TPSA) is 96.3 Å². The van der Waals surface area contributed by atoms with Gasteiger partial charge >= 0.3 is 0 Å². The summed E-state index contributed by atoms with van der Waals surface area (Å²) in [6.45, 7) is 2.12. The molecule has 0 radical (unpaired) electrons. The minimum atomic E-state index is -0.470. The number of aromatic nitrogens is 2. The molecule has 118 valence electrons. The molecule has 0 aliphatic carbocycles. The van der Waals surface area contributed by atoms with Crippen molar-refractivity contribution in [2.24, 2.45) is 5.10 Å². The van der Waals surface area contributed by atoms with Crippen LogP contribution in [0.4, 0.5) is 0 Å². The van der Waals surface area contributed by atoms with Crippen molar-refractivity contribution >= 4 is 17.5 Å². The van der Waals surface area contributed by atoms with E-state index in [9.17, 15) is 9.59 Å². The van der Waals surface area contributed by atoms with Crippen LogP contribution in [0, 0.1) is 0 Å². The van der Waals surface area contributed by atoms with Crippen LogP contribution in [0.5, 0.6) is 0 Å². The molecular weight excluding hydrogens is 294 g/mol. The van der Waals surface area contributed by atoms with Crippen LogP contribution in [0.1, 0.15) is 29.4 Å². The highest BCUT2D eigenvalue weighted by atomic mass is 16.2. The zero-order valence-electron chi connectivity index (χ0n) is 12.7. The third kappa shape index (κ3) is 5.66. The predicted molar refractivity (Wildman–Crippen MR) is 85.5 cm³/mol. The lowest BCUT2D eigenvalue weighted by Crippen LogP contribution is -2.26. The highest BCUT2D eigenvalue weighted by Gasteiger charge is 2.07. The van der Waals surface area contributed by atoms with Gasteiger partial charge in [-0.3, -0.25) is 14.6 Å². The molecule has 2 rings (SSSR count). The van der Waals surface area contributed by atoms with Crippen LogP contribution in [0.25, 0.3) is 0 Å². The number of nitrogens with zero attached hydrogens (tertiary/aromatic N) is 3. The lowest BCUT2D eigenvalue weighted by Gasteiger charge is -2.05. The predicted octanol–water partition coefficient (Wildman–Crippen LogP) is 1.29. The molecule has 2 aromatic rings. The summed E-state index contributed by atoms with van der Waals surface area (Å²) in [6.07, 6.45) is 4.34. The van der Waals surface area contributed by atoms with E-state index in [0.717, 1.165) is 5.56 Å². The molecule has 0 spiro atoms. The molecule has 0 fully saturated rings. The molecule has 0 unspecified atom stereocenters. The smallest absolute Gasteiger partial charge is 0.291 e. The highest BCUT2D eigenvalue weighted by Crippen LogP contribution is 1.98. The summed E-state index contributed by atoms with van der Waals surface area (Å²) in [5.74, 6) is -0.633. The molecule has 0 saturated carbocycles.